The molecule has 4 aromatic rings. The van der Waals surface area contributed by atoms with Crippen molar-refractivity contribution in [2.24, 2.45) is 17.6 Å². The first-order valence-electron chi connectivity index (χ1n) is 29.9. The molecule has 5 atom stereocenters. The minimum absolute atomic E-state index is 0.0193. The molecule has 0 bridgehead atoms. The highest BCUT2D eigenvalue weighted by molar-refractivity contribution is 14.1. The number of amides is 11. The molecule has 0 radical (unpaired) electrons. The zero-order valence-electron chi connectivity index (χ0n) is 51.4. The van der Waals surface area contributed by atoms with Crippen LogP contribution in [0.3, 0.4) is 0 Å². The van der Waals surface area contributed by atoms with Crippen molar-refractivity contribution in [2.45, 2.75) is 87.5 Å². The van der Waals surface area contributed by atoms with Crippen molar-refractivity contribution in [2.75, 3.05) is 118 Å². The van der Waals surface area contributed by atoms with E-state index in [1.54, 1.807) is 69.8 Å². The lowest BCUT2D eigenvalue weighted by Gasteiger charge is -2.30. The summed E-state index contributed by atoms with van der Waals surface area (Å²) in [7, 11) is 3.12. The maximum atomic E-state index is 13.9. The van der Waals surface area contributed by atoms with Crippen LogP contribution in [-0.2, 0) is 63.9 Å². The molecule has 91 heavy (non-hydrogen) atoms. The monoisotopic (exact) mass is 1390 g/mol. The van der Waals surface area contributed by atoms with Gasteiger partial charge in [-0.2, -0.15) is 8.78 Å². The Balaban J connectivity index is 0.802. The van der Waals surface area contributed by atoms with Crippen LogP contribution in [0.5, 0.6) is 0 Å². The first-order chi connectivity index (χ1) is 43.4. The number of ether oxygens (including phenoxy) is 5. The zero-order valence-corrected chi connectivity index (χ0v) is 53.6. The number of alkyl halides is 3. The van der Waals surface area contributed by atoms with E-state index in [4.69, 9.17) is 29.4 Å². The van der Waals surface area contributed by atoms with Gasteiger partial charge in [0.25, 0.3) is 11.8 Å². The lowest BCUT2D eigenvalue weighted by Crippen LogP contribution is -2.57. The molecule has 29 nitrogen and oxygen atoms in total. The molecule has 0 unspecified atom stereocenters. The number of fused-ring (bicyclic) bond motifs is 3. The molecule has 3 aliphatic heterocycles. The lowest BCUT2D eigenvalue weighted by molar-refractivity contribution is -0.143. The second-order valence-corrected chi connectivity index (χ2v) is 24.0. The van der Waals surface area contributed by atoms with Gasteiger partial charge in [-0.15, -0.1) is 0 Å². The van der Waals surface area contributed by atoms with Gasteiger partial charge in [0.2, 0.25) is 29.5 Å². The number of carbonyl (C=O) groups excluding carboxylic acids is 10. The summed E-state index contributed by atoms with van der Waals surface area (Å²) in [5.74, 6) is -4.55. The summed E-state index contributed by atoms with van der Waals surface area (Å²) in [5, 5.41) is 10.5. The van der Waals surface area contributed by atoms with E-state index in [2.05, 4.69) is 31.2 Å². The molecule has 32 heteroatoms. The van der Waals surface area contributed by atoms with Gasteiger partial charge in [0.15, 0.2) is 11.3 Å². The molecule has 496 valence electrons. The van der Waals surface area contributed by atoms with Crippen molar-refractivity contribution in [3.05, 3.63) is 72.3 Å². The van der Waals surface area contributed by atoms with Gasteiger partial charge < -0.3 is 70.3 Å². The van der Waals surface area contributed by atoms with E-state index in [-0.39, 0.29) is 129 Å². The predicted molar refractivity (Wildman–Crippen MR) is 331 cm³/mol. The highest BCUT2D eigenvalue weighted by atomic mass is 127. The average Bonchev–Trinajstić information content (AvgIpc) is 1.62. The van der Waals surface area contributed by atoms with Gasteiger partial charge in [0, 0.05) is 118 Å². The number of imide groups is 1. The van der Waals surface area contributed by atoms with Gasteiger partial charge in [-0.25, -0.2) is 24.4 Å². The topological polar surface area (TPSA) is 342 Å². The number of nitrogens with one attached hydrogen (secondary N) is 4. The third-order valence-corrected chi connectivity index (χ3v) is 15.9. The van der Waals surface area contributed by atoms with Crippen molar-refractivity contribution >= 4 is 105 Å². The third kappa shape index (κ3) is 19.8. The molecule has 0 saturated carbocycles. The van der Waals surface area contributed by atoms with Crippen LogP contribution < -0.4 is 27.0 Å². The smallest absolute Gasteiger partial charge is 0.409 e. The Bertz CT molecular complexity index is 3250. The first kappa shape index (κ1) is 70.5. The Labute approximate surface area is 537 Å². The molecule has 2 saturated heterocycles. The Morgan fingerprint density at radius 3 is 2.12 bits per heavy atom. The van der Waals surface area contributed by atoms with E-state index < -0.39 is 88.6 Å². The van der Waals surface area contributed by atoms with Crippen molar-refractivity contribution in [1.82, 2.24) is 59.4 Å². The van der Waals surface area contributed by atoms with E-state index in [9.17, 15) is 56.7 Å². The van der Waals surface area contributed by atoms with Crippen LogP contribution in [0.4, 0.5) is 28.9 Å². The molecule has 1 aromatic carbocycles. The van der Waals surface area contributed by atoms with Gasteiger partial charge in [-0.3, -0.25) is 47.4 Å². The van der Waals surface area contributed by atoms with Crippen LogP contribution in [-0.4, -0.2) is 238 Å². The number of halogens is 3. The van der Waals surface area contributed by atoms with Crippen LogP contribution in [0.2, 0.25) is 0 Å². The summed E-state index contributed by atoms with van der Waals surface area (Å²) < 4.78 is 54.6. The van der Waals surface area contributed by atoms with E-state index in [1.165, 1.54) is 43.4 Å². The van der Waals surface area contributed by atoms with Gasteiger partial charge >= 0.3 is 22.1 Å². The fourth-order valence-corrected chi connectivity index (χ4v) is 10.8. The minimum atomic E-state index is -3.08. The second kappa shape index (κ2) is 33.4. The highest BCUT2D eigenvalue weighted by Crippen LogP contribution is 2.36. The SMILES string of the molecule is CC[C@@H]1CN(C(=O)NCC(F)(F)I)C[C@@H]1c1cnc2cnc3c(ccn3C(=O)N(C)CCN(C)C(=O)OCc3ccc(NC(=O)[C@@H](NC(=O)[C@@H]4CCCN4C(=O)[C@H](CC(N)=O)NC(=O)CCOCCOCCOCCOCCN4C(=O)C=CC4=O)C(C)C)cc3)n12. The molecule has 2 fully saturated rings. The van der Waals surface area contributed by atoms with Crippen LogP contribution >= 0.6 is 22.6 Å². The van der Waals surface area contributed by atoms with Crippen LogP contribution in [0, 0.1) is 11.8 Å². The number of hydrogen-bond donors (Lipinski definition) is 5. The summed E-state index contributed by atoms with van der Waals surface area (Å²) in [6.45, 7) is 7.40. The number of carbonyl (C=O) groups is 10. The molecule has 7 rings (SSSR count). The normalized spacial score (nSPS) is 17.2. The summed E-state index contributed by atoms with van der Waals surface area (Å²) in [6.07, 6.45) is 7.36. The molecule has 3 aromatic heterocycles. The quantitative estimate of drug-likeness (QED) is 0.0198. The number of urea groups is 1. The van der Waals surface area contributed by atoms with Crippen LogP contribution in [0.15, 0.2) is 61.1 Å². The number of likely N-dealkylation sites (N-methyl/N-ethyl adjacent to an activating group) is 2. The summed E-state index contributed by atoms with van der Waals surface area (Å²) >= 11 is 0.987. The van der Waals surface area contributed by atoms with Gasteiger partial charge in [-0.05, 0) is 48.4 Å². The van der Waals surface area contributed by atoms with E-state index in [0.29, 0.717) is 41.0 Å². The molecule has 0 aliphatic carbocycles. The highest BCUT2D eigenvalue weighted by Gasteiger charge is 2.41. The maximum Gasteiger partial charge on any atom is 0.409 e. The Morgan fingerprint density at radius 1 is 0.835 bits per heavy atom. The number of anilines is 1. The average molecular weight is 1390 g/mol. The number of aromatic nitrogens is 4. The third-order valence-electron chi connectivity index (χ3n) is 15.5. The van der Waals surface area contributed by atoms with Crippen molar-refractivity contribution in [1.29, 1.82) is 0 Å². The fraction of sp³-hybridized carbons (Fsp3) is 0.559. The molecular weight excluding hydrogens is 1310 g/mol. The Morgan fingerprint density at radius 2 is 1.48 bits per heavy atom. The maximum absolute atomic E-state index is 13.9. The van der Waals surface area contributed by atoms with E-state index in [0.717, 1.165) is 39.6 Å². The number of imidazole rings is 1. The van der Waals surface area contributed by atoms with Gasteiger partial charge in [-0.1, -0.05) is 39.3 Å². The van der Waals surface area contributed by atoms with E-state index in [1.807, 2.05) is 11.3 Å². The van der Waals surface area contributed by atoms with Gasteiger partial charge in [0.05, 0.1) is 84.1 Å². The molecule has 11 amide bonds. The number of rotatable bonds is 33. The number of likely N-dealkylation sites (tertiary alicyclic amines) is 2. The number of hydrogen-bond acceptors (Lipinski definition) is 17. The molecule has 3 aliphatic rings. The second-order valence-electron chi connectivity index (χ2n) is 22.4. The molecular formula is C59H79F2IN14O15. The fourth-order valence-electron chi connectivity index (χ4n) is 10.6. The van der Waals surface area contributed by atoms with Crippen molar-refractivity contribution in [3.63, 3.8) is 0 Å². The Hall–Kier alpha value is -7.95. The number of nitrogens with zero attached hydrogens (tertiary/aromatic N) is 9. The number of benzene rings is 1. The molecule has 0 spiro atoms. The number of primary amides is 1. The minimum Gasteiger partial charge on any atom is -0.445 e. The number of nitrogens with two attached hydrogens (primary N) is 1. The summed E-state index contributed by atoms with van der Waals surface area (Å²) in [6, 6.07) is 3.87. The largest absolute Gasteiger partial charge is 0.445 e. The Kier molecular flexibility index (Phi) is 25.9. The zero-order chi connectivity index (χ0) is 65.9. The predicted octanol–water partition coefficient (Wildman–Crippen LogP) is 2.83. The van der Waals surface area contributed by atoms with Crippen molar-refractivity contribution < 1.29 is 80.4 Å². The van der Waals surface area contributed by atoms with E-state index >= 15 is 0 Å². The molecule has 6 heterocycles. The standard InChI is InChI=1S/C59H79F2IN14O15/c1-6-39-33-72(56(84)66-36-59(60,61)62)34-41(39)45-31-64-47-32-65-52-43(76(45)47)15-18-75(52)57(85)70(4)19-20-71(5)58(86)91-35-38-9-11-40(12-10-38)67-54(82)51(37(2)3)69-53(81)44-8-7-17-73(44)55(83)42(30-46(63)77)68-48(78)16-22-87-24-26-89-28-29-90-27-25-88-23-21-74-49(79)13-14-50(74)80/h9-15,18,31-32,37,39,41-42,44,51H,6-8,16-17,19-30,33-36H2,1-5H3,(H2,63,77)(H,66,84)(H,67,82)(H,68,78)(H,69,81)/t39-,41+,42+,44+,51+/m1/s1. The first-order valence-corrected chi connectivity index (χ1v) is 31.0. The van der Waals surface area contributed by atoms with Crippen LogP contribution in [0.25, 0.3) is 16.8 Å². The summed E-state index contributed by atoms with van der Waals surface area (Å²) in [4.78, 5) is 145. The van der Waals surface area contributed by atoms with Crippen molar-refractivity contribution in [3.8, 4) is 0 Å². The molecule has 6 N–H and O–H groups in total. The summed E-state index contributed by atoms with van der Waals surface area (Å²) in [5.41, 5.74) is 8.74. The lowest BCUT2D eigenvalue weighted by atomic mass is 9.91. The van der Waals surface area contributed by atoms with Gasteiger partial charge in [0.1, 0.15) is 24.7 Å². The van der Waals surface area contributed by atoms with Crippen LogP contribution in [0.1, 0.15) is 70.1 Å².